The zero-order valence-electron chi connectivity index (χ0n) is 9.10. The molecule has 14 heavy (non-hydrogen) atoms. The van der Waals surface area contributed by atoms with Gasteiger partial charge in [0.1, 0.15) is 0 Å². The molecule has 5 nitrogen and oxygen atoms in total. The van der Waals surface area contributed by atoms with Crippen LogP contribution < -0.4 is 0 Å². The summed E-state index contributed by atoms with van der Waals surface area (Å²) in [6, 6.07) is 0. The van der Waals surface area contributed by atoms with Crippen LogP contribution in [0.2, 0.25) is 0 Å². The van der Waals surface area contributed by atoms with Crippen LogP contribution in [0.1, 0.15) is 46.0 Å². The third-order valence-electron chi connectivity index (χ3n) is 1.21. The molecule has 6 heteroatoms. The molecule has 90 valence electrons. The molecule has 0 aromatic carbocycles. The lowest BCUT2D eigenvalue weighted by atomic mass is 10.2. The van der Waals surface area contributed by atoms with E-state index in [1.54, 1.807) is 0 Å². The van der Waals surface area contributed by atoms with Crippen LogP contribution >= 0.6 is 0 Å². The molecule has 0 aliphatic rings. The molecule has 3 N–H and O–H groups in total. The van der Waals surface area contributed by atoms with Gasteiger partial charge in [-0.3, -0.25) is 9.11 Å². The SMILES string of the molecule is CCCCCCC.CO.O=S(=O)(O)O. The van der Waals surface area contributed by atoms with Crippen molar-refractivity contribution in [2.24, 2.45) is 0 Å². The van der Waals surface area contributed by atoms with Crippen LogP contribution in [0.25, 0.3) is 0 Å². The van der Waals surface area contributed by atoms with E-state index in [2.05, 4.69) is 13.8 Å². The Balaban J connectivity index is -0.000000152. The van der Waals surface area contributed by atoms with Crippen molar-refractivity contribution in [3.8, 4) is 0 Å². The largest absolute Gasteiger partial charge is 0.400 e. The lowest BCUT2D eigenvalue weighted by molar-refractivity contribution is 0.381. The minimum atomic E-state index is -4.67. The maximum atomic E-state index is 8.74. The van der Waals surface area contributed by atoms with E-state index >= 15 is 0 Å². The molecular formula is C8H22O5S. The van der Waals surface area contributed by atoms with E-state index in [1.807, 2.05) is 0 Å². The lowest BCUT2D eigenvalue weighted by Crippen LogP contribution is -1.89. The topological polar surface area (TPSA) is 94.8 Å². The molecule has 0 saturated heterocycles. The molecule has 0 aromatic heterocycles. The first-order chi connectivity index (χ1) is 6.41. The highest BCUT2D eigenvalue weighted by Gasteiger charge is 1.84. The number of hydrogen-bond acceptors (Lipinski definition) is 3. The van der Waals surface area contributed by atoms with Crippen LogP contribution in [-0.4, -0.2) is 29.7 Å². The Hall–Kier alpha value is -0.170. The highest BCUT2D eigenvalue weighted by atomic mass is 32.3. The third-order valence-corrected chi connectivity index (χ3v) is 1.21. The maximum absolute atomic E-state index is 8.74. The van der Waals surface area contributed by atoms with Crippen molar-refractivity contribution in [1.29, 1.82) is 0 Å². The van der Waals surface area contributed by atoms with Crippen LogP contribution in [0, 0.1) is 0 Å². The van der Waals surface area contributed by atoms with E-state index in [-0.39, 0.29) is 0 Å². The Morgan fingerprint density at radius 2 is 1.07 bits per heavy atom. The average Bonchev–Trinajstić information content (AvgIpc) is 2.06. The first-order valence-corrected chi connectivity index (χ1v) is 5.96. The lowest BCUT2D eigenvalue weighted by Gasteiger charge is -1.90. The van der Waals surface area contributed by atoms with Crippen LogP contribution in [0.4, 0.5) is 0 Å². The van der Waals surface area contributed by atoms with E-state index in [4.69, 9.17) is 22.6 Å². The highest BCUT2D eigenvalue weighted by molar-refractivity contribution is 7.79. The maximum Gasteiger partial charge on any atom is 0.394 e. The number of aliphatic hydroxyl groups is 1. The number of hydrogen-bond donors (Lipinski definition) is 3. The van der Waals surface area contributed by atoms with Gasteiger partial charge < -0.3 is 5.11 Å². The Labute approximate surface area is 86.7 Å². The van der Waals surface area contributed by atoms with E-state index in [9.17, 15) is 0 Å². The van der Waals surface area contributed by atoms with Crippen LogP contribution in [-0.2, 0) is 10.4 Å². The van der Waals surface area contributed by atoms with Crippen molar-refractivity contribution >= 4 is 10.4 Å². The third kappa shape index (κ3) is 94.6. The summed E-state index contributed by atoms with van der Waals surface area (Å²) in [7, 11) is -3.67. The van der Waals surface area contributed by atoms with Gasteiger partial charge in [-0.1, -0.05) is 46.0 Å². The van der Waals surface area contributed by atoms with Gasteiger partial charge in [-0.15, -0.1) is 0 Å². The van der Waals surface area contributed by atoms with Gasteiger partial charge in [0.25, 0.3) is 0 Å². The molecule has 0 amide bonds. The molecule has 0 aliphatic heterocycles. The van der Waals surface area contributed by atoms with Crippen molar-refractivity contribution < 1.29 is 22.6 Å². The van der Waals surface area contributed by atoms with E-state index in [1.165, 1.54) is 32.1 Å². The summed E-state index contributed by atoms with van der Waals surface area (Å²) in [5, 5.41) is 7.00. The van der Waals surface area contributed by atoms with Crippen LogP contribution in [0.15, 0.2) is 0 Å². The van der Waals surface area contributed by atoms with Gasteiger partial charge >= 0.3 is 10.4 Å². The summed E-state index contributed by atoms with van der Waals surface area (Å²) in [4.78, 5) is 0. The van der Waals surface area contributed by atoms with Gasteiger partial charge in [0.05, 0.1) is 0 Å². The van der Waals surface area contributed by atoms with Gasteiger partial charge in [-0.05, 0) is 0 Å². The standard InChI is InChI=1S/C7H16.CH4O.H2O4S/c1-3-5-7-6-4-2;1-2;1-5(2,3)4/h3-7H2,1-2H3;2H,1H3;(H2,1,2,3,4). The van der Waals surface area contributed by atoms with E-state index in [0.717, 1.165) is 7.11 Å². The van der Waals surface area contributed by atoms with Crippen molar-refractivity contribution in [3.05, 3.63) is 0 Å². The molecule has 0 aromatic rings. The molecule has 0 spiro atoms. The quantitative estimate of drug-likeness (QED) is 0.506. The highest BCUT2D eigenvalue weighted by Crippen LogP contribution is 2.00. The Kier molecular flexibility index (Phi) is 21.2. The molecule has 0 fully saturated rings. The molecule has 0 aliphatic carbocycles. The summed E-state index contributed by atoms with van der Waals surface area (Å²) in [6.07, 6.45) is 7.01. The fourth-order valence-electron chi connectivity index (χ4n) is 0.677. The first-order valence-electron chi connectivity index (χ1n) is 4.56. The number of rotatable bonds is 4. The zero-order valence-corrected chi connectivity index (χ0v) is 9.92. The van der Waals surface area contributed by atoms with Gasteiger partial charge in [-0.25, -0.2) is 0 Å². The second kappa shape index (κ2) is 15.3. The van der Waals surface area contributed by atoms with Crippen molar-refractivity contribution in [3.63, 3.8) is 0 Å². The van der Waals surface area contributed by atoms with Gasteiger partial charge in [0.15, 0.2) is 0 Å². The molecule has 0 radical (unpaired) electrons. The van der Waals surface area contributed by atoms with E-state index < -0.39 is 10.4 Å². The van der Waals surface area contributed by atoms with Crippen LogP contribution in [0.5, 0.6) is 0 Å². The molecule has 0 unspecified atom stereocenters. The average molecular weight is 230 g/mol. The molecule has 0 rings (SSSR count). The predicted molar refractivity (Wildman–Crippen MR) is 56.8 cm³/mol. The van der Waals surface area contributed by atoms with E-state index in [0.29, 0.717) is 0 Å². The first kappa shape index (κ1) is 19.4. The van der Waals surface area contributed by atoms with Gasteiger partial charge in [0.2, 0.25) is 0 Å². The second-order valence-electron chi connectivity index (χ2n) is 2.51. The van der Waals surface area contributed by atoms with Crippen molar-refractivity contribution in [1.82, 2.24) is 0 Å². The number of unbranched alkanes of at least 4 members (excludes halogenated alkanes) is 4. The zero-order chi connectivity index (χ0) is 12.0. The Morgan fingerprint density at radius 1 is 0.857 bits per heavy atom. The summed E-state index contributed by atoms with van der Waals surface area (Å²) < 4.78 is 31.6. The van der Waals surface area contributed by atoms with Gasteiger partial charge in [-0.2, -0.15) is 8.42 Å². The van der Waals surface area contributed by atoms with Gasteiger partial charge in [0, 0.05) is 7.11 Å². The molecule has 0 bridgehead atoms. The molecule has 0 saturated carbocycles. The van der Waals surface area contributed by atoms with Crippen molar-refractivity contribution in [2.75, 3.05) is 7.11 Å². The minimum absolute atomic E-state index is 1.00. The summed E-state index contributed by atoms with van der Waals surface area (Å²) in [5.41, 5.74) is 0. The summed E-state index contributed by atoms with van der Waals surface area (Å²) >= 11 is 0. The second-order valence-corrected chi connectivity index (χ2v) is 3.40. The smallest absolute Gasteiger partial charge is 0.394 e. The molecule has 0 atom stereocenters. The summed E-state index contributed by atoms with van der Waals surface area (Å²) in [5.74, 6) is 0. The van der Waals surface area contributed by atoms with Crippen molar-refractivity contribution in [2.45, 2.75) is 46.0 Å². The number of aliphatic hydroxyl groups excluding tert-OH is 1. The monoisotopic (exact) mass is 230 g/mol. The predicted octanol–water partition coefficient (Wildman–Crippen LogP) is 1.93. The molecule has 0 heterocycles. The summed E-state index contributed by atoms with van der Waals surface area (Å²) in [6.45, 7) is 4.49. The Bertz CT molecular complexity index is 153. The molecular weight excluding hydrogens is 208 g/mol. The normalized spacial score (nSPS) is 9.29. The minimum Gasteiger partial charge on any atom is -0.400 e. The Morgan fingerprint density at radius 3 is 1.21 bits per heavy atom. The fraction of sp³-hybridized carbons (Fsp3) is 1.00. The van der Waals surface area contributed by atoms with Crippen LogP contribution in [0.3, 0.4) is 0 Å². The fourth-order valence-corrected chi connectivity index (χ4v) is 0.677.